The van der Waals surface area contributed by atoms with Crippen LogP contribution in [0, 0.1) is 0 Å². The van der Waals surface area contributed by atoms with E-state index in [4.69, 9.17) is 14.2 Å². The van der Waals surface area contributed by atoms with E-state index in [0.717, 1.165) is 22.4 Å². The number of anilines is 1. The van der Waals surface area contributed by atoms with Crippen LogP contribution in [-0.4, -0.2) is 46.9 Å². The van der Waals surface area contributed by atoms with E-state index in [1.165, 1.54) is 6.33 Å². The number of rotatable bonds is 5. The number of fused-ring (bicyclic) bond motifs is 1. The molecule has 2 aliphatic rings. The maximum Gasteiger partial charge on any atom is 0.226 e. The first kappa shape index (κ1) is 20.0. The standard InChI is InChI=1S/C23H23N5O4/c1-30-18-10-15(11-19(31-2)22(18)32-3)14-8-16-20(17(29)9-14)21(13-4-6-24-7-5-13)28-23(27-16)25-12-26-28/h4-7,10-12,14,21H,8-9H2,1-3H3,(H,25,26,27)/t14-,21-/m0/s1. The van der Waals surface area contributed by atoms with Crippen LogP contribution in [0.5, 0.6) is 17.2 Å². The Kier molecular flexibility index (Phi) is 5.01. The number of hydrogen-bond donors (Lipinski definition) is 1. The van der Waals surface area contributed by atoms with Gasteiger partial charge in [0.15, 0.2) is 17.3 Å². The summed E-state index contributed by atoms with van der Waals surface area (Å²) in [6, 6.07) is 7.31. The monoisotopic (exact) mass is 433 g/mol. The molecule has 5 rings (SSSR count). The van der Waals surface area contributed by atoms with Gasteiger partial charge < -0.3 is 19.5 Å². The second kappa shape index (κ2) is 7.99. The van der Waals surface area contributed by atoms with Crippen LogP contribution < -0.4 is 19.5 Å². The van der Waals surface area contributed by atoms with Gasteiger partial charge in [-0.15, -0.1) is 0 Å². The van der Waals surface area contributed by atoms with Gasteiger partial charge in [-0.25, -0.2) is 4.68 Å². The van der Waals surface area contributed by atoms with Crippen molar-refractivity contribution in [2.75, 3.05) is 26.6 Å². The zero-order valence-electron chi connectivity index (χ0n) is 18.0. The third-order valence-corrected chi connectivity index (χ3v) is 6.04. The smallest absolute Gasteiger partial charge is 0.226 e. The fourth-order valence-corrected chi connectivity index (χ4v) is 4.58. The average Bonchev–Trinajstić information content (AvgIpc) is 3.30. The number of pyridine rings is 1. The highest BCUT2D eigenvalue weighted by atomic mass is 16.5. The van der Waals surface area contributed by atoms with Crippen LogP contribution in [0.15, 0.2) is 54.3 Å². The molecular formula is C23H23N5O4. The molecular weight excluding hydrogens is 410 g/mol. The maximum atomic E-state index is 13.5. The van der Waals surface area contributed by atoms with Crippen LogP contribution in [0.3, 0.4) is 0 Å². The number of methoxy groups -OCH3 is 3. The normalized spacial score (nSPS) is 19.7. The molecule has 0 amide bonds. The number of aromatic nitrogens is 4. The van der Waals surface area contributed by atoms with Gasteiger partial charge in [-0.1, -0.05) is 0 Å². The third kappa shape index (κ3) is 3.17. The predicted molar refractivity (Wildman–Crippen MR) is 116 cm³/mol. The molecule has 32 heavy (non-hydrogen) atoms. The Morgan fingerprint density at radius 1 is 1.00 bits per heavy atom. The zero-order valence-corrected chi connectivity index (χ0v) is 18.0. The molecule has 0 bridgehead atoms. The van der Waals surface area contributed by atoms with Crippen LogP contribution >= 0.6 is 0 Å². The highest BCUT2D eigenvalue weighted by Crippen LogP contribution is 2.46. The highest BCUT2D eigenvalue weighted by molar-refractivity contribution is 6.00. The van der Waals surface area contributed by atoms with Crippen molar-refractivity contribution in [1.29, 1.82) is 0 Å². The van der Waals surface area contributed by atoms with Gasteiger partial charge in [-0.05, 0) is 47.7 Å². The van der Waals surface area contributed by atoms with Crippen LogP contribution in [-0.2, 0) is 4.79 Å². The molecule has 0 saturated carbocycles. The number of hydrogen-bond acceptors (Lipinski definition) is 8. The van der Waals surface area contributed by atoms with E-state index in [9.17, 15) is 4.79 Å². The number of ketones is 1. The second-order valence-corrected chi connectivity index (χ2v) is 7.72. The fourth-order valence-electron chi connectivity index (χ4n) is 4.58. The number of carbonyl (C=O) groups is 1. The lowest BCUT2D eigenvalue weighted by molar-refractivity contribution is -0.116. The molecule has 0 saturated heterocycles. The molecule has 9 nitrogen and oxygen atoms in total. The minimum atomic E-state index is -0.333. The highest BCUT2D eigenvalue weighted by Gasteiger charge is 2.39. The van der Waals surface area contributed by atoms with Crippen LogP contribution in [0.25, 0.3) is 0 Å². The fraction of sp³-hybridized carbons (Fsp3) is 0.304. The van der Waals surface area contributed by atoms with Gasteiger partial charge in [-0.3, -0.25) is 9.78 Å². The van der Waals surface area contributed by atoms with Crippen molar-refractivity contribution in [2.45, 2.75) is 24.8 Å². The molecule has 0 fully saturated rings. The van der Waals surface area contributed by atoms with Gasteiger partial charge >= 0.3 is 0 Å². The van der Waals surface area contributed by atoms with E-state index in [0.29, 0.717) is 36.0 Å². The maximum absolute atomic E-state index is 13.5. The molecule has 0 radical (unpaired) electrons. The van der Waals surface area contributed by atoms with Gasteiger partial charge in [0.1, 0.15) is 12.4 Å². The molecule has 1 N–H and O–H groups in total. The second-order valence-electron chi connectivity index (χ2n) is 7.72. The summed E-state index contributed by atoms with van der Waals surface area (Å²) in [4.78, 5) is 22.0. The van der Waals surface area contributed by atoms with E-state index in [-0.39, 0.29) is 17.7 Å². The molecule has 1 aromatic carbocycles. The Morgan fingerprint density at radius 2 is 1.72 bits per heavy atom. The summed E-state index contributed by atoms with van der Waals surface area (Å²) in [5.74, 6) is 2.31. The van der Waals surface area contributed by atoms with Gasteiger partial charge in [0.25, 0.3) is 0 Å². The van der Waals surface area contributed by atoms with Crippen LogP contribution in [0.2, 0.25) is 0 Å². The van der Waals surface area contributed by atoms with E-state index >= 15 is 0 Å². The van der Waals surface area contributed by atoms with E-state index in [1.807, 2.05) is 24.3 Å². The van der Waals surface area contributed by atoms with Crippen molar-refractivity contribution in [3.8, 4) is 17.2 Å². The Hall–Kier alpha value is -3.88. The lowest BCUT2D eigenvalue weighted by atomic mass is 9.78. The van der Waals surface area contributed by atoms with E-state index in [2.05, 4.69) is 20.4 Å². The van der Waals surface area contributed by atoms with Crippen LogP contribution in [0.4, 0.5) is 5.95 Å². The van der Waals surface area contributed by atoms with Crippen molar-refractivity contribution in [3.05, 3.63) is 65.4 Å². The van der Waals surface area contributed by atoms with E-state index in [1.54, 1.807) is 38.4 Å². The summed E-state index contributed by atoms with van der Waals surface area (Å²) in [5.41, 5.74) is 3.48. The lowest BCUT2D eigenvalue weighted by Crippen LogP contribution is -2.33. The number of allylic oxidation sites excluding steroid dienone is 2. The summed E-state index contributed by atoms with van der Waals surface area (Å²) >= 11 is 0. The van der Waals surface area contributed by atoms with Gasteiger partial charge in [0, 0.05) is 30.1 Å². The number of Topliss-reactive ketones (excluding diaryl/α,β-unsaturated/α-hetero) is 1. The largest absolute Gasteiger partial charge is 0.493 e. The molecule has 1 aliphatic carbocycles. The minimum Gasteiger partial charge on any atom is -0.493 e. The SMILES string of the molecule is COc1cc([C@@H]2CC(=O)C3=C(C2)Nc2ncnn2[C@H]3c2ccncc2)cc(OC)c1OC. The summed E-state index contributed by atoms with van der Waals surface area (Å²) in [6.07, 6.45) is 5.95. The van der Waals surface area contributed by atoms with Crippen molar-refractivity contribution >= 4 is 11.7 Å². The first-order valence-corrected chi connectivity index (χ1v) is 10.3. The molecule has 2 atom stereocenters. The van der Waals surface area contributed by atoms with Crippen molar-refractivity contribution in [3.63, 3.8) is 0 Å². The van der Waals surface area contributed by atoms with Crippen molar-refractivity contribution in [2.24, 2.45) is 0 Å². The van der Waals surface area contributed by atoms with Crippen LogP contribution in [0.1, 0.15) is 35.9 Å². The topological polar surface area (TPSA) is 100 Å². The Labute approximate surface area is 185 Å². The van der Waals surface area contributed by atoms with Gasteiger partial charge in [-0.2, -0.15) is 10.1 Å². The summed E-state index contributed by atoms with van der Waals surface area (Å²) in [5, 5.41) is 7.70. The summed E-state index contributed by atoms with van der Waals surface area (Å²) < 4.78 is 18.2. The molecule has 3 aromatic rings. The molecule has 2 aromatic heterocycles. The van der Waals surface area contributed by atoms with E-state index < -0.39 is 0 Å². The first-order chi connectivity index (χ1) is 15.6. The number of ether oxygens (including phenoxy) is 3. The summed E-state index contributed by atoms with van der Waals surface area (Å²) in [6.45, 7) is 0. The number of carbonyl (C=O) groups excluding carboxylic acids is 1. The number of benzene rings is 1. The Balaban J connectivity index is 1.57. The quantitative estimate of drug-likeness (QED) is 0.655. The van der Waals surface area contributed by atoms with Crippen molar-refractivity contribution in [1.82, 2.24) is 19.7 Å². The summed E-state index contributed by atoms with van der Waals surface area (Å²) in [7, 11) is 4.74. The number of nitrogens with zero attached hydrogens (tertiary/aromatic N) is 4. The molecule has 3 heterocycles. The third-order valence-electron chi connectivity index (χ3n) is 6.04. The molecule has 0 spiro atoms. The first-order valence-electron chi connectivity index (χ1n) is 10.3. The van der Waals surface area contributed by atoms with Gasteiger partial charge in [0.05, 0.1) is 21.3 Å². The molecule has 1 aliphatic heterocycles. The minimum absolute atomic E-state index is 0.0463. The molecule has 9 heteroatoms. The number of nitrogens with one attached hydrogen (secondary N) is 1. The Morgan fingerprint density at radius 3 is 2.38 bits per heavy atom. The molecule has 0 unspecified atom stereocenters. The Bertz CT molecular complexity index is 1180. The lowest BCUT2D eigenvalue weighted by Gasteiger charge is -2.35. The predicted octanol–water partition coefficient (Wildman–Crippen LogP) is 3.11. The average molecular weight is 433 g/mol. The zero-order chi connectivity index (χ0) is 22.2. The molecule has 164 valence electrons. The van der Waals surface area contributed by atoms with Crippen molar-refractivity contribution < 1.29 is 19.0 Å². The van der Waals surface area contributed by atoms with Gasteiger partial charge in [0.2, 0.25) is 11.7 Å².